The van der Waals surface area contributed by atoms with E-state index in [9.17, 15) is 44.1 Å². The Morgan fingerprint density at radius 3 is 1.32 bits per heavy atom. The lowest BCUT2D eigenvalue weighted by Crippen LogP contribution is -2.64. The second-order valence-electron chi connectivity index (χ2n) is 18.4. The number of carbonyl (C=O) groups excluding carboxylic acids is 6. The molecule has 1 fully saturated rings. The Hall–Kier alpha value is -3.21. The molecule has 0 bridgehead atoms. The number of ketones is 5. The van der Waals surface area contributed by atoms with E-state index >= 15 is 0 Å². The van der Waals surface area contributed by atoms with E-state index in [2.05, 4.69) is 10.2 Å². The molecule has 21 nitrogen and oxygen atoms in total. The summed E-state index contributed by atoms with van der Waals surface area (Å²) in [7, 11) is 0. The maximum Gasteiger partial charge on any atom is 0.232 e. The summed E-state index contributed by atoms with van der Waals surface area (Å²) in [6.07, 6.45) is 3.04. The van der Waals surface area contributed by atoms with Crippen LogP contribution in [0, 0.1) is 12.5 Å². The van der Waals surface area contributed by atoms with Crippen molar-refractivity contribution in [2.45, 2.75) is 160 Å². The molecule has 1 aliphatic rings. The lowest BCUT2D eigenvalue weighted by atomic mass is 9.84. The van der Waals surface area contributed by atoms with Gasteiger partial charge in [-0.3, -0.25) is 28.8 Å². The third-order valence-electron chi connectivity index (χ3n) is 11.8. The van der Waals surface area contributed by atoms with Gasteiger partial charge in [0.05, 0.1) is 59.5 Å². The summed E-state index contributed by atoms with van der Waals surface area (Å²) >= 11 is 0. The summed E-state index contributed by atoms with van der Waals surface area (Å²) in [5.41, 5.74) is -0.505. The second-order valence-corrected chi connectivity index (χ2v) is 18.4. The summed E-state index contributed by atoms with van der Waals surface area (Å²) in [5, 5.41) is 32.4. The van der Waals surface area contributed by atoms with Crippen molar-refractivity contribution in [3.63, 3.8) is 0 Å². The number of Topliss-reactive ketones (excluding diaryl/α,β-unsaturated/α-hetero) is 5. The first-order valence-electron chi connectivity index (χ1n) is 25.7. The van der Waals surface area contributed by atoms with Crippen molar-refractivity contribution in [2.75, 3.05) is 119 Å². The topological polar surface area (TPSA) is 272 Å². The van der Waals surface area contributed by atoms with Crippen LogP contribution >= 0.6 is 0 Å². The van der Waals surface area contributed by atoms with Gasteiger partial charge in [0.25, 0.3) is 0 Å². The zero-order valence-corrected chi connectivity index (χ0v) is 43.6. The largest absolute Gasteiger partial charge is 0.394 e. The summed E-state index contributed by atoms with van der Waals surface area (Å²) in [6, 6.07) is -0.980. The van der Waals surface area contributed by atoms with Gasteiger partial charge in [-0.05, 0) is 38.5 Å². The van der Waals surface area contributed by atoms with E-state index in [0.29, 0.717) is 143 Å². The van der Waals surface area contributed by atoms with Gasteiger partial charge < -0.3 is 72.9 Å². The molecule has 1 saturated heterocycles. The number of nitrogens with one attached hydrogen (secondary N) is 1. The molecule has 0 aromatic rings. The monoisotopic (exact) mass is 1030 g/mol. The summed E-state index contributed by atoms with van der Waals surface area (Å²) < 4.78 is 54.7. The van der Waals surface area contributed by atoms with Crippen molar-refractivity contribution in [3.05, 3.63) is 11.4 Å². The first-order valence-corrected chi connectivity index (χ1v) is 25.7. The predicted octanol–water partition coefficient (Wildman–Crippen LogP) is 3.11. The number of unbranched alkanes of at least 4 members (excludes halogenated alkanes) is 3. The molecule has 0 aliphatic carbocycles. The first-order chi connectivity index (χ1) is 34.6. The van der Waals surface area contributed by atoms with Crippen LogP contribution in [0.2, 0.25) is 0 Å². The molecule has 0 saturated carbocycles. The standard InChI is InChI=1S/C51H88N2O19/c1-39(2)51(4,52-5)20-19-41(56)15-10-21-63-26-31-68-36-43(58)17-12-23-65-28-33-70-38-45(60)18-13-24-66-29-32-69-37-44(59)16-11-22-64-27-30-67-35-42(57)14-8-6-7-9-25-71-50-47(53-40(3)55)49(62)48(61)46(34-54)72-50/h39,46-50,54,61-62H,6-38H2,1-4H3,(H,53,55)/t46-,47-,48+,49-,50-,51?/m1/s1. The Labute approximate surface area is 427 Å². The van der Waals surface area contributed by atoms with Crippen LogP contribution in [-0.2, 0) is 76.1 Å². The quantitative estimate of drug-likeness (QED) is 0.0503. The second kappa shape index (κ2) is 43.1. The number of amides is 1. The zero-order chi connectivity index (χ0) is 53.2. The van der Waals surface area contributed by atoms with Crippen LogP contribution in [0.15, 0.2) is 0 Å². The van der Waals surface area contributed by atoms with E-state index in [1.54, 1.807) is 0 Å². The van der Waals surface area contributed by atoms with Crippen molar-refractivity contribution in [2.24, 2.45) is 5.92 Å². The molecule has 72 heavy (non-hydrogen) atoms. The van der Waals surface area contributed by atoms with E-state index in [1.165, 1.54) is 6.92 Å². The van der Waals surface area contributed by atoms with Crippen LogP contribution in [0.3, 0.4) is 0 Å². The fourth-order valence-electron chi connectivity index (χ4n) is 6.98. The van der Waals surface area contributed by atoms with Gasteiger partial charge >= 0.3 is 0 Å². The summed E-state index contributed by atoms with van der Waals surface area (Å²) in [5.74, 6) is -0.231. The molecule has 6 atom stereocenters. The van der Waals surface area contributed by atoms with Gasteiger partial charge in [0, 0.05) is 97.7 Å². The van der Waals surface area contributed by atoms with Crippen LogP contribution in [-0.4, -0.2) is 205 Å². The van der Waals surface area contributed by atoms with Gasteiger partial charge in [-0.2, -0.15) is 0 Å². The smallest absolute Gasteiger partial charge is 0.232 e. The molecule has 0 aromatic carbocycles. The van der Waals surface area contributed by atoms with Crippen molar-refractivity contribution in [1.82, 2.24) is 5.32 Å². The van der Waals surface area contributed by atoms with Crippen LogP contribution in [0.25, 0.3) is 4.85 Å². The minimum Gasteiger partial charge on any atom is -0.394 e. The Morgan fingerprint density at radius 1 is 0.542 bits per heavy atom. The highest BCUT2D eigenvalue weighted by molar-refractivity contribution is 5.80. The molecule has 1 unspecified atom stereocenters. The van der Waals surface area contributed by atoms with Gasteiger partial charge in [0.15, 0.2) is 29.4 Å². The minimum atomic E-state index is -1.37. The predicted molar refractivity (Wildman–Crippen MR) is 262 cm³/mol. The van der Waals surface area contributed by atoms with Crippen molar-refractivity contribution < 1.29 is 91.5 Å². The van der Waals surface area contributed by atoms with Crippen molar-refractivity contribution >= 4 is 34.8 Å². The third-order valence-corrected chi connectivity index (χ3v) is 11.8. The highest BCUT2D eigenvalue weighted by Crippen LogP contribution is 2.27. The van der Waals surface area contributed by atoms with Crippen molar-refractivity contribution in [1.29, 1.82) is 0 Å². The SMILES string of the molecule is [C-]#[N+]C(C)(CCC(=O)CCCOCCOCC(=O)CCCOCCOCC(=O)CCCOCCOCC(=O)CCCOCCOCC(=O)CCCCCCO[C@@H]1O[C@H](CO)[C@H](O)[C@H](O)[C@H]1NC(C)=O)C(C)C. The lowest BCUT2D eigenvalue weighted by molar-refractivity contribution is -0.270. The van der Waals surface area contributed by atoms with E-state index < -0.39 is 48.7 Å². The van der Waals surface area contributed by atoms with Crippen LogP contribution in [0.1, 0.15) is 124 Å². The number of aliphatic hydroxyl groups excluding tert-OH is 3. The minimum absolute atomic E-state index is 0.00293. The molecule has 4 N–H and O–H groups in total. The molecule has 0 radical (unpaired) electrons. The number of carbonyl (C=O) groups is 6. The van der Waals surface area contributed by atoms with Gasteiger partial charge in [-0.25, -0.2) is 6.57 Å². The van der Waals surface area contributed by atoms with E-state index in [4.69, 9.17) is 53.9 Å². The number of hydrogen-bond acceptors (Lipinski definition) is 19. The molecule has 1 rings (SSSR count). The Bertz CT molecular complexity index is 1530. The number of aliphatic hydroxyl groups is 3. The van der Waals surface area contributed by atoms with Crippen LogP contribution < -0.4 is 5.32 Å². The highest BCUT2D eigenvalue weighted by Gasteiger charge is 2.45. The number of hydrogen-bond donors (Lipinski definition) is 4. The zero-order valence-electron chi connectivity index (χ0n) is 43.6. The Balaban J connectivity index is 1.84. The molecule has 1 amide bonds. The molecular formula is C51H88N2O19. The Morgan fingerprint density at radius 2 is 0.931 bits per heavy atom. The summed E-state index contributed by atoms with van der Waals surface area (Å²) in [6.45, 7) is 18.2. The highest BCUT2D eigenvalue weighted by atomic mass is 16.7. The van der Waals surface area contributed by atoms with E-state index in [1.807, 2.05) is 20.8 Å². The summed E-state index contributed by atoms with van der Waals surface area (Å²) in [4.78, 5) is 75.7. The van der Waals surface area contributed by atoms with Gasteiger partial charge in [0.1, 0.15) is 56.6 Å². The Kier molecular flexibility index (Phi) is 40.0. The molecule has 21 heteroatoms. The lowest BCUT2D eigenvalue weighted by Gasteiger charge is -2.42. The molecule has 0 aromatic heterocycles. The van der Waals surface area contributed by atoms with E-state index in [-0.39, 0.29) is 87.7 Å². The molecule has 1 heterocycles. The first kappa shape index (κ1) is 66.8. The van der Waals surface area contributed by atoms with Crippen LogP contribution in [0.5, 0.6) is 0 Å². The molecular weight excluding hydrogens is 945 g/mol. The molecule has 0 spiro atoms. The number of rotatable bonds is 50. The van der Waals surface area contributed by atoms with Gasteiger partial charge in [-0.15, -0.1) is 0 Å². The van der Waals surface area contributed by atoms with Gasteiger partial charge in [0.2, 0.25) is 11.4 Å². The van der Waals surface area contributed by atoms with E-state index in [0.717, 1.165) is 12.8 Å². The fourth-order valence-corrected chi connectivity index (χ4v) is 6.98. The van der Waals surface area contributed by atoms with Crippen LogP contribution in [0.4, 0.5) is 0 Å². The normalized spacial score (nSPS) is 18.7. The van der Waals surface area contributed by atoms with Gasteiger partial charge in [-0.1, -0.05) is 26.7 Å². The molecule has 416 valence electrons. The maximum atomic E-state index is 12.1. The number of nitrogens with zero attached hydrogens (tertiary/aromatic N) is 1. The molecule has 1 aliphatic heterocycles. The third kappa shape index (κ3) is 34.3. The average Bonchev–Trinajstić information content (AvgIpc) is 3.35. The fraction of sp³-hybridized carbons (Fsp3) is 0.863. The average molecular weight is 1030 g/mol. The van der Waals surface area contributed by atoms with Crippen molar-refractivity contribution in [3.8, 4) is 0 Å². The maximum absolute atomic E-state index is 12.1. The number of ether oxygens (including phenoxy) is 10.